The molecule has 54 valence electrons. The molecule has 0 atom stereocenters. The van der Waals surface area contributed by atoms with E-state index in [1.165, 1.54) is 0 Å². The van der Waals surface area contributed by atoms with Crippen molar-refractivity contribution in [3.8, 4) is 0 Å². The quantitative estimate of drug-likeness (QED) is 0.648. The summed E-state index contributed by atoms with van der Waals surface area (Å²) < 4.78 is 0. The van der Waals surface area contributed by atoms with E-state index in [2.05, 4.69) is 39.3 Å². The molecular weight excluding hydrogens is 219 g/mol. The Morgan fingerprint density at radius 3 is 0.889 bits per heavy atom. The van der Waals surface area contributed by atoms with Crippen LogP contribution < -0.4 is 0 Å². The molecule has 0 rings (SSSR count). The van der Waals surface area contributed by atoms with Crippen molar-refractivity contribution in [1.82, 2.24) is 0 Å². The Morgan fingerprint density at radius 1 is 0.667 bits per heavy atom. The van der Waals surface area contributed by atoms with Crippen molar-refractivity contribution in [2.75, 3.05) is 0 Å². The Hall–Kier alpha value is 1.32. The van der Waals surface area contributed by atoms with E-state index in [1.807, 2.05) is 0 Å². The average Bonchev–Trinajstić information content (AvgIpc) is 1.14. The summed E-state index contributed by atoms with van der Waals surface area (Å²) in [6, 6.07) is 0. The van der Waals surface area contributed by atoms with Crippen molar-refractivity contribution >= 4 is 10.4 Å². The van der Waals surface area contributed by atoms with Crippen LogP contribution in [-0.2, 0) is 21.6 Å². The Kier molecular flexibility index (Phi) is 3.60. The maximum absolute atomic E-state index is 2.54. The molecule has 0 saturated heterocycles. The molecule has 0 aliphatic rings. The van der Waals surface area contributed by atoms with Crippen molar-refractivity contribution in [3.63, 3.8) is 0 Å². The van der Waals surface area contributed by atoms with E-state index >= 15 is 0 Å². The third-order valence-electron chi connectivity index (χ3n) is 0.750. The zero-order valence-corrected chi connectivity index (χ0v) is 12.0. The fraction of sp³-hybridized carbons (Fsp3) is 1.00. The van der Waals surface area contributed by atoms with Crippen molar-refractivity contribution < 1.29 is 21.6 Å². The molecule has 0 aromatic rings. The first-order chi connectivity index (χ1) is 3.71. The van der Waals surface area contributed by atoms with Gasteiger partial charge in [-0.3, -0.25) is 0 Å². The summed E-state index contributed by atoms with van der Waals surface area (Å²) >= 11 is 0.0961. The zero-order chi connectivity index (χ0) is 7.71. The Bertz CT molecular complexity index is 76.2. The van der Waals surface area contributed by atoms with Crippen LogP contribution in [0.2, 0.25) is 39.3 Å². The molecule has 0 bridgehead atoms. The first kappa shape index (κ1) is 10.3. The van der Waals surface area contributed by atoms with Gasteiger partial charge in [0, 0.05) is 0 Å². The van der Waals surface area contributed by atoms with E-state index in [4.69, 9.17) is 0 Å². The minimum atomic E-state index is -0.561. The summed E-state index contributed by atoms with van der Waals surface area (Å²) in [5, 5.41) is -1.12. The predicted octanol–water partition coefficient (Wildman–Crippen LogP) is 2.74. The Balaban J connectivity index is 3.75. The molecule has 3 heteroatoms. The van der Waals surface area contributed by atoms with Gasteiger partial charge in [0.25, 0.3) is 0 Å². The van der Waals surface area contributed by atoms with Crippen LogP contribution in [0.3, 0.4) is 0 Å². The fourth-order valence-corrected chi connectivity index (χ4v) is 59.9. The number of hydrogen-bond acceptors (Lipinski definition) is 0. The van der Waals surface area contributed by atoms with Gasteiger partial charge in [-0.15, -0.1) is 0 Å². The van der Waals surface area contributed by atoms with Crippen LogP contribution in [0.5, 0.6) is 0 Å². The molecule has 0 amide bonds. The molecule has 0 unspecified atom stereocenters. The monoisotopic (exact) mass is 236 g/mol. The Labute approximate surface area is 70.9 Å². The maximum atomic E-state index is 2.54. The average molecular weight is 238 g/mol. The van der Waals surface area contributed by atoms with Crippen molar-refractivity contribution in [2.45, 2.75) is 39.3 Å². The van der Waals surface area contributed by atoms with Gasteiger partial charge in [0.1, 0.15) is 0 Å². The van der Waals surface area contributed by atoms with Gasteiger partial charge in [-0.1, -0.05) is 0 Å². The second-order valence-corrected chi connectivity index (χ2v) is 42.3. The van der Waals surface area contributed by atoms with Crippen LogP contribution in [0.4, 0.5) is 0 Å². The summed E-state index contributed by atoms with van der Waals surface area (Å²) in [6.45, 7) is 15.2. The molecule has 0 aromatic carbocycles. The molecule has 0 N–H and O–H groups in total. The van der Waals surface area contributed by atoms with Crippen molar-refractivity contribution in [2.24, 2.45) is 0 Å². The molecule has 0 aliphatic carbocycles. The van der Waals surface area contributed by atoms with Gasteiger partial charge >= 0.3 is 71.2 Å². The van der Waals surface area contributed by atoms with Crippen LogP contribution in [0.15, 0.2) is 0 Å². The Morgan fingerprint density at radius 2 is 0.889 bits per heavy atom. The summed E-state index contributed by atoms with van der Waals surface area (Å²) in [7, 11) is 0. The molecule has 0 nitrogen and oxygen atoms in total. The minimum absolute atomic E-state index is 0.0961. The van der Waals surface area contributed by atoms with E-state index in [0.29, 0.717) is 0 Å². The second-order valence-electron chi connectivity index (χ2n) is 4.62. The second kappa shape index (κ2) is 3.14. The fourth-order valence-electron chi connectivity index (χ4n) is 1.12. The third kappa shape index (κ3) is 9.32. The third-order valence-corrected chi connectivity index (χ3v) is 39.9. The first-order valence-electron chi connectivity index (χ1n) is 3.50. The van der Waals surface area contributed by atoms with E-state index in [1.54, 1.807) is 0 Å². The predicted molar refractivity (Wildman–Crippen MR) is 46.7 cm³/mol. The summed E-state index contributed by atoms with van der Waals surface area (Å²) in [6.07, 6.45) is 0. The van der Waals surface area contributed by atoms with Crippen molar-refractivity contribution in [3.05, 3.63) is 0 Å². The van der Waals surface area contributed by atoms with E-state index in [-0.39, 0.29) is 21.6 Å². The summed E-state index contributed by atoms with van der Waals surface area (Å²) in [5.41, 5.74) is 0. The zero-order valence-electron chi connectivity index (χ0n) is 7.50. The molecule has 0 radical (unpaired) electrons. The van der Waals surface area contributed by atoms with Gasteiger partial charge in [0.05, 0.1) is 0 Å². The van der Waals surface area contributed by atoms with Crippen LogP contribution in [0.25, 0.3) is 0 Å². The van der Waals surface area contributed by atoms with E-state index in [0.717, 1.165) is 0 Å². The molecule has 0 saturated carbocycles. The van der Waals surface area contributed by atoms with E-state index < -0.39 is 10.4 Å². The normalized spacial score (nSPS) is 13.6. The van der Waals surface area contributed by atoms with Gasteiger partial charge in [0.2, 0.25) is 0 Å². The standard InChI is InChI=1S/2C3H9Si.Zr/c2*1-4(2)3;/h2*1-3H3;. The first-order valence-corrected chi connectivity index (χ1v) is 17.9. The van der Waals surface area contributed by atoms with Gasteiger partial charge in [-0.2, -0.15) is 0 Å². The van der Waals surface area contributed by atoms with Crippen LogP contribution >= 0.6 is 0 Å². The summed E-state index contributed by atoms with van der Waals surface area (Å²) in [4.78, 5) is 0. The molecule has 9 heavy (non-hydrogen) atoms. The van der Waals surface area contributed by atoms with E-state index in [9.17, 15) is 0 Å². The van der Waals surface area contributed by atoms with Crippen LogP contribution in [0, 0.1) is 0 Å². The number of hydrogen-bond donors (Lipinski definition) is 0. The topological polar surface area (TPSA) is 0 Å². The molecule has 0 aliphatic heterocycles. The molecular formula is C6H18Si2Zr. The molecule has 0 fully saturated rings. The molecule has 0 heterocycles. The van der Waals surface area contributed by atoms with Crippen molar-refractivity contribution in [1.29, 1.82) is 0 Å². The van der Waals surface area contributed by atoms with Gasteiger partial charge in [-0.05, 0) is 0 Å². The van der Waals surface area contributed by atoms with Crippen LogP contribution in [-0.4, -0.2) is 10.4 Å². The summed E-state index contributed by atoms with van der Waals surface area (Å²) in [5.74, 6) is 0. The molecule has 0 aromatic heterocycles. The van der Waals surface area contributed by atoms with Crippen LogP contribution in [0.1, 0.15) is 0 Å². The molecule has 0 spiro atoms. The van der Waals surface area contributed by atoms with Gasteiger partial charge < -0.3 is 0 Å². The SMILES string of the molecule is C[Si](C)(C)[Zr][Si](C)(C)C. The van der Waals surface area contributed by atoms with Gasteiger partial charge in [0.15, 0.2) is 0 Å². The van der Waals surface area contributed by atoms with Gasteiger partial charge in [-0.25, -0.2) is 0 Å². The number of rotatable bonds is 2.